The number of rotatable bonds is 9. The summed E-state index contributed by atoms with van der Waals surface area (Å²) in [7, 11) is 0. The molecule has 0 aliphatic carbocycles. The van der Waals surface area contributed by atoms with E-state index in [4.69, 9.17) is 9.47 Å². The second kappa shape index (κ2) is 13.1. The monoisotopic (exact) mass is 446 g/mol. The summed E-state index contributed by atoms with van der Waals surface area (Å²) >= 11 is 0. The predicted octanol–water partition coefficient (Wildman–Crippen LogP) is 9.16. The predicted molar refractivity (Wildman–Crippen MR) is 142 cm³/mol. The first-order valence-electron chi connectivity index (χ1n) is 12.4. The molecule has 2 nitrogen and oxygen atoms in total. The SMILES string of the molecule is CC.CCC(CC(C)(C)C)c1ccc(OCC(C)Oc2ccccc2-c2ccccc2)cc1. The van der Waals surface area contributed by atoms with E-state index in [1.807, 2.05) is 57.2 Å². The van der Waals surface area contributed by atoms with E-state index in [-0.39, 0.29) is 6.10 Å². The van der Waals surface area contributed by atoms with E-state index in [2.05, 4.69) is 70.2 Å². The van der Waals surface area contributed by atoms with Crippen molar-refractivity contribution in [2.75, 3.05) is 6.61 Å². The van der Waals surface area contributed by atoms with Crippen LogP contribution in [0.3, 0.4) is 0 Å². The van der Waals surface area contributed by atoms with Crippen molar-refractivity contribution in [2.45, 2.75) is 73.3 Å². The van der Waals surface area contributed by atoms with Crippen LogP contribution >= 0.6 is 0 Å². The molecule has 0 bridgehead atoms. The van der Waals surface area contributed by atoms with Crippen molar-refractivity contribution in [3.63, 3.8) is 0 Å². The van der Waals surface area contributed by atoms with Crippen molar-refractivity contribution in [2.24, 2.45) is 5.41 Å². The Morgan fingerprint density at radius 3 is 2.00 bits per heavy atom. The van der Waals surface area contributed by atoms with Crippen molar-refractivity contribution in [1.29, 1.82) is 0 Å². The third-order valence-corrected chi connectivity index (χ3v) is 5.49. The number of benzene rings is 3. The molecule has 0 radical (unpaired) electrons. The molecule has 0 fully saturated rings. The molecule has 0 saturated carbocycles. The summed E-state index contributed by atoms with van der Waals surface area (Å²) in [6.07, 6.45) is 2.28. The van der Waals surface area contributed by atoms with Gasteiger partial charge in [0.05, 0.1) is 0 Å². The zero-order chi connectivity index (χ0) is 24.3. The molecule has 2 heteroatoms. The van der Waals surface area contributed by atoms with Gasteiger partial charge in [0, 0.05) is 5.56 Å². The van der Waals surface area contributed by atoms with Crippen molar-refractivity contribution in [3.8, 4) is 22.6 Å². The lowest BCUT2D eigenvalue weighted by molar-refractivity contribution is 0.143. The van der Waals surface area contributed by atoms with Gasteiger partial charge >= 0.3 is 0 Å². The van der Waals surface area contributed by atoms with Gasteiger partial charge in [-0.25, -0.2) is 0 Å². The van der Waals surface area contributed by atoms with E-state index in [1.54, 1.807) is 0 Å². The second-order valence-electron chi connectivity index (χ2n) is 9.54. The molecule has 178 valence electrons. The highest BCUT2D eigenvalue weighted by Gasteiger charge is 2.19. The van der Waals surface area contributed by atoms with Crippen LogP contribution in [0.25, 0.3) is 11.1 Å². The van der Waals surface area contributed by atoms with Crippen LogP contribution < -0.4 is 9.47 Å². The maximum absolute atomic E-state index is 6.23. The third kappa shape index (κ3) is 8.61. The van der Waals surface area contributed by atoms with Gasteiger partial charge in [-0.15, -0.1) is 0 Å². The molecule has 3 aromatic rings. The smallest absolute Gasteiger partial charge is 0.130 e. The minimum atomic E-state index is -0.0613. The Labute approximate surface area is 202 Å². The summed E-state index contributed by atoms with van der Waals surface area (Å²) in [5.41, 5.74) is 3.98. The number of hydrogen-bond donors (Lipinski definition) is 0. The molecular weight excluding hydrogens is 404 g/mol. The first-order chi connectivity index (χ1) is 15.9. The van der Waals surface area contributed by atoms with E-state index in [0.29, 0.717) is 17.9 Å². The Bertz CT molecular complexity index is 923. The average molecular weight is 447 g/mol. The summed E-state index contributed by atoms with van der Waals surface area (Å²) in [5, 5.41) is 0. The van der Waals surface area contributed by atoms with Gasteiger partial charge in [0.1, 0.15) is 24.2 Å². The Morgan fingerprint density at radius 1 is 0.788 bits per heavy atom. The Balaban J connectivity index is 0.00000187. The summed E-state index contributed by atoms with van der Waals surface area (Å²) in [5.74, 6) is 2.36. The molecule has 0 aliphatic heterocycles. The zero-order valence-electron chi connectivity index (χ0n) is 21.6. The molecule has 3 aromatic carbocycles. The average Bonchev–Trinajstić information content (AvgIpc) is 2.83. The van der Waals surface area contributed by atoms with Crippen LogP contribution in [-0.2, 0) is 0 Å². The third-order valence-electron chi connectivity index (χ3n) is 5.49. The van der Waals surface area contributed by atoms with Gasteiger partial charge in [-0.1, -0.05) is 102 Å². The molecule has 3 rings (SSSR count). The number of ether oxygens (including phenoxy) is 2. The van der Waals surface area contributed by atoms with Crippen LogP contribution in [0.4, 0.5) is 0 Å². The molecule has 2 atom stereocenters. The van der Waals surface area contributed by atoms with Crippen LogP contribution in [0.1, 0.15) is 72.8 Å². The van der Waals surface area contributed by atoms with E-state index in [1.165, 1.54) is 12.0 Å². The zero-order valence-corrected chi connectivity index (χ0v) is 21.6. The molecule has 0 spiro atoms. The summed E-state index contributed by atoms with van der Waals surface area (Å²) in [6.45, 7) is 15.8. The molecule has 0 aromatic heterocycles. The second-order valence-corrected chi connectivity index (χ2v) is 9.54. The highest BCUT2D eigenvalue weighted by molar-refractivity contribution is 5.70. The van der Waals surface area contributed by atoms with Crippen LogP contribution in [-0.4, -0.2) is 12.7 Å². The molecular formula is C31H42O2. The fourth-order valence-electron chi connectivity index (χ4n) is 3.96. The van der Waals surface area contributed by atoms with E-state index >= 15 is 0 Å². The topological polar surface area (TPSA) is 18.5 Å². The lowest BCUT2D eigenvalue weighted by atomic mass is 9.80. The van der Waals surface area contributed by atoms with Gasteiger partial charge < -0.3 is 9.47 Å². The van der Waals surface area contributed by atoms with Crippen LogP contribution in [0.2, 0.25) is 0 Å². The van der Waals surface area contributed by atoms with Gasteiger partial charge in [0.2, 0.25) is 0 Å². The minimum absolute atomic E-state index is 0.0613. The van der Waals surface area contributed by atoms with Crippen molar-refractivity contribution >= 4 is 0 Å². The Morgan fingerprint density at radius 2 is 1.39 bits per heavy atom. The first kappa shape index (κ1) is 26.5. The van der Waals surface area contributed by atoms with E-state index in [0.717, 1.165) is 29.0 Å². The highest BCUT2D eigenvalue weighted by atomic mass is 16.5. The molecule has 0 aliphatic rings. The molecule has 0 saturated heterocycles. The fourth-order valence-corrected chi connectivity index (χ4v) is 3.96. The Hall–Kier alpha value is -2.74. The van der Waals surface area contributed by atoms with Gasteiger partial charge in [-0.3, -0.25) is 0 Å². The lowest BCUT2D eigenvalue weighted by Gasteiger charge is -2.25. The highest BCUT2D eigenvalue weighted by Crippen LogP contribution is 2.34. The van der Waals surface area contributed by atoms with Crippen LogP contribution in [0, 0.1) is 5.41 Å². The van der Waals surface area contributed by atoms with Crippen molar-refractivity contribution in [1.82, 2.24) is 0 Å². The van der Waals surface area contributed by atoms with E-state index in [9.17, 15) is 0 Å². The van der Waals surface area contributed by atoms with E-state index < -0.39 is 0 Å². The largest absolute Gasteiger partial charge is 0.490 e. The molecule has 0 heterocycles. The standard InChI is InChI=1S/C29H36O2.C2H6/c1-6-23(20-29(3,4)5)24-16-18-26(19-17-24)30-21-22(2)31-28-15-11-10-14-27(28)25-12-8-7-9-13-25;1-2/h7-19,22-23H,6,20-21H2,1-5H3;1-2H3. The molecule has 0 N–H and O–H groups in total. The quantitative estimate of drug-likeness (QED) is 0.326. The minimum Gasteiger partial charge on any atom is -0.490 e. The molecule has 2 unspecified atom stereocenters. The Kier molecular flexibility index (Phi) is 10.5. The van der Waals surface area contributed by atoms with Crippen molar-refractivity contribution < 1.29 is 9.47 Å². The van der Waals surface area contributed by atoms with Crippen LogP contribution in [0.15, 0.2) is 78.9 Å². The number of para-hydroxylation sites is 1. The normalized spacial score (nSPS) is 12.8. The maximum atomic E-state index is 6.23. The lowest BCUT2D eigenvalue weighted by Crippen LogP contribution is -2.21. The van der Waals surface area contributed by atoms with Crippen molar-refractivity contribution in [3.05, 3.63) is 84.4 Å². The van der Waals surface area contributed by atoms with Gasteiger partial charge in [-0.05, 0) is 60.4 Å². The summed E-state index contributed by atoms with van der Waals surface area (Å²) in [6, 6.07) is 27.1. The maximum Gasteiger partial charge on any atom is 0.130 e. The van der Waals surface area contributed by atoms with Crippen LogP contribution in [0.5, 0.6) is 11.5 Å². The molecule has 33 heavy (non-hydrogen) atoms. The van der Waals surface area contributed by atoms with Gasteiger partial charge in [-0.2, -0.15) is 0 Å². The summed E-state index contributed by atoms with van der Waals surface area (Å²) in [4.78, 5) is 0. The van der Waals surface area contributed by atoms with Gasteiger partial charge in [0.15, 0.2) is 0 Å². The number of hydrogen-bond acceptors (Lipinski definition) is 2. The fraction of sp³-hybridized carbons (Fsp3) is 0.419. The summed E-state index contributed by atoms with van der Waals surface area (Å²) < 4.78 is 12.3. The first-order valence-corrected chi connectivity index (χ1v) is 12.4. The molecule has 0 amide bonds. The van der Waals surface area contributed by atoms with Gasteiger partial charge in [0.25, 0.3) is 0 Å².